The number of piperidine rings is 1. The standard InChI is InChI=1S/C12H17N5/c1-2-16-9-4-3-7-11(16)17-12-10(14-15-17)6-5-8-13-12/h5-6,8,11H,2-4,7,9H2,1H3. The van der Waals surface area contributed by atoms with Crippen LogP contribution in [0.3, 0.4) is 0 Å². The highest BCUT2D eigenvalue weighted by molar-refractivity contribution is 5.68. The van der Waals surface area contributed by atoms with Crippen LogP contribution in [0.1, 0.15) is 32.4 Å². The lowest BCUT2D eigenvalue weighted by Gasteiger charge is -2.34. The molecular weight excluding hydrogens is 214 g/mol. The van der Waals surface area contributed by atoms with Crippen LogP contribution in [0.5, 0.6) is 0 Å². The van der Waals surface area contributed by atoms with E-state index < -0.39 is 0 Å². The predicted octanol–water partition coefficient (Wildman–Crippen LogP) is 1.83. The molecule has 0 saturated carbocycles. The lowest BCUT2D eigenvalue weighted by atomic mass is 10.1. The van der Waals surface area contributed by atoms with Crippen molar-refractivity contribution in [3.05, 3.63) is 18.3 Å². The first-order valence-corrected chi connectivity index (χ1v) is 6.30. The Bertz CT molecular complexity index is 506. The second-order valence-electron chi connectivity index (χ2n) is 4.49. The Morgan fingerprint density at radius 3 is 3.24 bits per heavy atom. The van der Waals surface area contributed by atoms with E-state index in [-0.39, 0.29) is 0 Å². The van der Waals surface area contributed by atoms with Crippen molar-refractivity contribution in [1.29, 1.82) is 0 Å². The maximum Gasteiger partial charge on any atom is 0.180 e. The van der Waals surface area contributed by atoms with Crippen molar-refractivity contribution < 1.29 is 0 Å². The monoisotopic (exact) mass is 231 g/mol. The molecule has 1 unspecified atom stereocenters. The van der Waals surface area contributed by atoms with Crippen LogP contribution in [0.2, 0.25) is 0 Å². The highest BCUT2D eigenvalue weighted by atomic mass is 15.5. The van der Waals surface area contributed by atoms with Gasteiger partial charge in [-0.05, 0) is 37.9 Å². The van der Waals surface area contributed by atoms with Crippen LogP contribution >= 0.6 is 0 Å². The van der Waals surface area contributed by atoms with Gasteiger partial charge >= 0.3 is 0 Å². The normalized spacial score (nSPS) is 22.1. The maximum absolute atomic E-state index is 4.40. The Balaban J connectivity index is 2.01. The Hall–Kier alpha value is -1.49. The van der Waals surface area contributed by atoms with Gasteiger partial charge in [0, 0.05) is 12.7 Å². The number of nitrogens with zero attached hydrogens (tertiary/aromatic N) is 5. The molecule has 0 aromatic carbocycles. The predicted molar refractivity (Wildman–Crippen MR) is 65.5 cm³/mol. The van der Waals surface area contributed by atoms with E-state index in [0.717, 1.165) is 30.7 Å². The van der Waals surface area contributed by atoms with Crippen LogP contribution in [-0.4, -0.2) is 38.0 Å². The van der Waals surface area contributed by atoms with Crippen molar-refractivity contribution in [2.75, 3.05) is 13.1 Å². The molecule has 0 spiro atoms. The second kappa shape index (κ2) is 4.41. The maximum atomic E-state index is 4.40. The van der Waals surface area contributed by atoms with E-state index in [2.05, 4.69) is 27.1 Å². The van der Waals surface area contributed by atoms with Gasteiger partial charge in [-0.25, -0.2) is 9.67 Å². The number of fused-ring (bicyclic) bond motifs is 1. The molecule has 2 aromatic heterocycles. The van der Waals surface area contributed by atoms with Gasteiger partial charge < -0.3 is 0 Å². The van der Waals surface area contributed by atoms with Crippen LogP contribution in [-0.2, 0) is 0 Å². The number of hydrogen-bond donors (Lipinski definition) is 0. The summed E-state index contributed by atoms with van der Waals surface area (Å²) < 4.78 is 1.98. The summed E-state index contributed by atoms with van der Waals surface area (Å²) in [6.45, 7) is 4.40. The molecule has 1 saturated heterocycles. The first-order valence-electron chi connectivity index (χ1n) is 6.30. The molecule has 0 bridgehead atoms. The Labute approximate surface area is 100 Å². The van der Waals surface area contributed by atoms with Crippen LogP contribution < -0.4 is 0 Å². The summed E-state index contributed by atoms with van der Waals surface area (Å²) in [5.41, 5.74) is 1.78. The molecule has 1 fully saturated rings. The van der Waals surface area contributed by atoms with Gasteiger partial charge in [0.2, 0.25) is 0 Å². The van der Waals surface area contributed by atoms with E-state index in [1.54, 1.807) is 6.20 Å². The molecule has 5 nitrogen and oxygen atoms in total. The highest BCUT2D eigenvalue weighted by Crippen LogP contribution is 2.26. The molecule has 17 heavy (non-hydrogen) atoms. The van der Waals surface area contributed by atoms with E-state index in [9.17, 15) is 0 Å². The summed E-state index contributed by atoms with van der Waals surface area (Å²) in [6, 6.07) is 3.87. The number of likely N-dealkylation sites (tertiary alicyclic amines) is 1. The zero-order chi connectivity index (χ0) is 11.7. The van der Waals surface area contributed by atoms with Crippen LogP contribution in [0.25, 0.3) is 11.2 Å². The molecule has 5 heteroatoms. The summed E-state index contributed by atoms with van der Waals surface area (Å²) in [7, 11) is 0. The van der Waals surface area contributed by atoms with Crippen LogP contribution in [0, 0.1) is 0 Å². The number of pyridine rings is 1. The summed E-state index contributed by atoms with van der Waals surface area (Å²) in [4.78, 5) is 6.85. The molecule has 0 aliphatic carbocycles. The molecule has 3 heterocycles. The van der Waals surface area contributed by atoms with Gasteiger partial charge in [-0.2, -0.15) is 0 Å². The molecule has 90 valence electrons. The third kappa shape index (κ3) is 1.80. The number of rotatable bonds is 2. The number of hydrogen-bond acceptors (Lipinski definition) is 4. The Morgan fingerprint density at radius 2 is 2.35 bits per heavy atom. The van der Waals surface area contributed by atoms with Gasteiger partial charge in [0.15, 0.2) is 5.65 Å². The lowest BCUT2D eigenvalue weighted by Crippen LogP contribution is -2.37. The number of aromatic nitrogens is 4. The van der Waals surface area contributed by atoms with Crippen molar-refractivity contribution in [2.24, 2.45) is 0 Å². The van der Waals surface area contributed by atoms with E-state index in [1.165, 1.54) is 12.8 Å². The molecule has 0 radical (unpaired) electrons. The van der Waals surface area contributed by atoms with Gasteiger partial charge in [-0.3, -0.25) is 4.90 Å². The molecular formula is C12H17N5. The molecule has 3 rings (SSSR count). The topological polar surface area (TPSA) is 46.8 Å². The minimum atomic E-state index is 0.327. The summed E-state index contributed by atoms with van der Waals surface area (Å²) in [5, 5.41) is 8.47. The quantitative estimate of drug-likeness (QED) is 0.791. The van der Waals surface area contributed by atoms with Crippen molar-refractivity contribution in [1.82, 2.24) is 24.9 Å². The lowest BCUT2D eigenvalue weighted by molar-refractivity contribution is 0.0930. The van der Waals surface area contributed by atoms with Gasteiger partial charge in [0.05, 0.1) is 0 Å². The van der Waals surface area contributed by atoms with Crippen molar-refractivity contribution in [3.63, 3.8) is 0 Å². The van der Waals surface area contributed by atoms with E-state index in [4.69, 9.17) is 0 Å². The zero-order valence-corrected chi connectivity index (χ0v) is 10.1. The first-order chi connectivity index (χ1) is 8.40. The van der Waals surface area contributed by atoms with Crippen molar-refractivity contribution in [2.45, 2.75) is 32.4 Å². The van der Waals surface area contributed by atoms with E-state index >= 15 is 0 Å². The van der Waals surface area contributed by atoms with Crippen molar-refractivity contribution >= 4 is 11.2 Å². The minimum absolute atomic E-state index is 0.327. The van der Waals surface area contributed by atoms with E-state index in [1.807, 2.05) is 16.8 Å². The fraction of sp³-hybridized carbons (Fsp3) is 0.583. The van der Waals surface area contributed by atoms with Gasteiger partial charge in [-0.1, -0.05) is 12.1 Å². The first kappa shape index (κ1) is 10.7. The second-order valence-corrected chi connectivity index (χ2v) is 4.49. The third-order valence-corrected chi connectivity index (χ3v) is 3.50. The van der Waals surface area contributed by atoms with Gasteiger partial charge in [0.1, 0.15) is 11.7 Å². The van der Waals surface area contributed by atoms with Crippen LogP contribution in [0.15, 0.2) is 18.3 Å². The van der Waals surface area contributed by atoms with Gasteiger partial charge in [0.25, 0.3) is 0 Å². The molecule has 0 N–H and O–H groups in total. The Morgan fingerprint density at radius 1 is 1.41 bits per heavy atom. The van der Waals surface area contributed by atoms with Crippen LogP contribution in [0.4, 0.5) is 0 Å². The third-order valence-electron chi connectivity index (χ3n) is 3.50. The average Bonchev–Trinajstić information content (AvgIpc) is 2.82. The summed E-state index contributed by atoms with van der Waals surface area (Å²) >= 11 is 0. The van der Waals surface area contributed by atoms with Crippen molar-refractivity contribution in [3.8, 4) is 0 Å². The molecule has 0 amide bonds. The average molecular weight is 231 g/mol. The molecule has 1 atom stereocenters. The zero-order valence-electron chi connectivity index (χ0n) is 10.1. The fourth-order valence-corrected chi connectivity index (χ4v) is 2.60. The summed E-state index contributed by atoms with van der Waals surface area (Å²) in [6.07, 6.45) is 5.82. The molecule has 2 aromatic rings. The molecule has 1 aliphatic heterocycles. The van der Waals surface area contributed by atoms with Gasteiger partial charge in [-0.15, -0.1) is 5.10 Å². The largest absolute Gasteiger partial charge is 0.282 e. The summed E-state index contributed by atoms with van der Waals surface area (Å²) in [5.74, 6) is 0. The van der Waals surface area contributed by atoms with E-state index in [0.29, 0.717) is 6.17 Å². The minimum Gasteiger partial charge on any atom is -0.282 e. The molecule has 1 aliphatic rings. The fourth-order valence-electron chi connectivity index (χ4n) is 2.60. The Kier molecular flexibility index (Phi) is 2.76. The smallest absolute Gasteiger partial charge is 0.180 e. The SMILES string of the molecule is CCN1CCCCC1n1nnc2cccnc21. The highest BCUT2D eigenvalue weighted by Gasteiger charge is 2.25.